The van der Waals surface area contributed by atoms with E-state index in [2.05, 4.69) is 26.0 Å². The van der Waals surface area contributed by atoms with Crippen molar-refractivity contribution in [2.75, 3.05) is 0 Å². The van der Waals surface area contributed by atoms with Gasteiger partial charge in [-0.25, -0.2) is 0 Å². The molecule has 2 aliphatic carbocycles. The van der Waals surface area contributed by atoms with E-state index < -0.39 is 0 Å². The second-order valence-corrected chi connectivity index (χ2v) is 4.71. The molecule has 0 heterocycles. The molecule has 0 saturated heterocycles. The van der Waals surface area contributed by atoms with Gasteiger partial charge in [0.15, 0.2) is 0 Å². The van der Waals surface area contributed by atoms with Crippen LogP contribution in [0.3, 0.4) is 0 Å². The van der Waals surface area contributed by atoms with Crippen LogP contribution in [0, 0.1) is 11.3 Å². The number of allylic oxidation sites excluding steroid dienone is 3. The zero-order chi connectivity index (χ0) is 9.47. The molecule has 1 nitrogen and oxygen atoms in total. The summed E-state index contributed by atoms with van der Waals surface area (Å²) in [5.41, 5.74) is 8.75. The van der Waals surface area contributed by atoms with Gasteiger partial charge in [-0.2, -0.15) is 0 Å². The third kappa shape index (κ3) is 1.21. The van der Waals surface area contributed by atoms with Crippen molar-refractivity contribution in [3.8, 4) is 0 Å². The molecule has 0 aliphatic heterocycles. The van der Waals surface area contributed by atoms with Gasteiger partial charge < -0.3 is 5.73 Å². The van der Waals surface area contributed by atoms with Gasteiger partial charge in [0.2, 0.25) is 0 Å². The van der Waals surface area contributed by atoms with E-state index in [-0.39, 0.29) is 0 Å². The normalized spacial score (nSPS) is 39.1. The second-order valence-electron chi connectivity index (χ2n) is 4.71. The Morgan fingerprint density at radius 3 is 3.00 bits per heavy atom. The van der Waals surface area contributed by atoms with Crippen molar-refractivity contribution < 1.29 is 0 Å². The van der Waals surface area contributed by atoms with E-state index in [0.29, 0.717) is 5.41 Å². The Bertz CT molecular complexity index is 275. The lowest BCUT2D eigenvalue weighted by Gasteiger charge is -2.43. The van der Waals surface area contributed by atoms with Crippen LogP contribution in [0.2, 0.25) is 0 Å². The first kappa shape index (κ1) is 8.86. The number of rotatable bonds is 0. The molecule has 1 saturated carbocycles. The van der Waals surface area contributed by atoms with E-state index in [9.17, 15) is 0 Å². The van der Waals surface area contributed by atoms with Crippen LogP contribution in [0.1, 0.15) is 39.5 Å². The van der Waals surface area contributed by atoms with Gasteiger partial charge in [-0.3, -0.25) is 0 Å². The second kappa shape index (κ2) is 2.90. The van der Waals surface area contributed by atoms with Gasteiger partial charge in [0.05, 0.1) is 0 Å². The van der Waals surface area contributed by atoms with Crippen LogP contribution in [-0.2, 0) is 0 Å². The minimum atomic E-state index is 0.372. The molecule has 0 bridgehead atoms. The summed E-state index contributed by atoms with van der Waals surface area (Å²) in [5.74, 6) is 0.744. The maximum Gasteiger partial charge on any atom is 0.0305 e. The standard InChI is InChI=1S/C12H19N/c1-9-11(13)7-6-10-5-3-4-8-12(9,10)2/h6-7,10H,3-5,8,13H2,1-2H3. The van der Waals surface area contributed by atoms with Crippen molar-refractivity contribution in [1.82, 2.24) is 0 Å². The lowest BCUT2D eigenvalue weighted by atomic mass is 9.61. The SMILES string of the molecule is CC1=C(N)C=CC2CCCCC12C. The zero-order valence-corrected chi connectivity index (χ0v) is 8.64. The van der Waals surface area contributed by atoms with E-state index in [1.807, 2.05) is 0 Å². The molecule has 2 rings (SSSR count). The molecule has 2 aliphatic rings. The first-order valence-electron chi connectivity index (χ1n) is 5.29. The number of fused-ring (bicyclic) bond motifs is 1. The summed E-state index contributed by atoms with van der Waals surface area (Å²) in [6, 6.07) is 0. The number of hydrogen-bond acceptors (Lipinski definition) is 1. The molecule has 2 unspecified atom stereocenters. The summed E-state index contributed by atoms with van der Waals surface area (Å²) in [7, 11) is 0. The van der Waals surface area contributed by atoms with E-state index in [1.165, 1.54) is 31.3 Å². The average molecular weight is 177 g/mol. The maximum absolute atomic E-state index is 5.96. The largest absolute Gasteiger partial charge is 0.399 e. The Morgan fingerprint density at radius 1 is 1.46 bits per heavy atom. The fourth-order valence-electron chi connectivity index (χ4n) is 2.81. The van der Waals surface area contributed by atoms with Crippen LogP contribution in [0.5, 0.6) is 0 Å². The highest BCUT2D eigenvalue weighted by Gasteiger charge is 2.38. The smallest absolute Gasteiger partial charge is 0.0305 e. The summed E-state index contributed by atoms with van der Waals surface area (Å²) in [4.78, 5) is 0. The number of hydrogen-bond donors (Lipinski definition) is 1. The van der Waals surface area contributed by atoms with Crippen molar-refractivity contribution in [2.24, 2.45) is 17.1 Å². The third-order valence-corrected chi connectivity index (χ3v) is 4.08. The Balaban J connectivity index is 2.37. The van der Waals surface area contributed by atoms with E-state index in [0.717, 1.165) is 11.6 Å². The van der Waals surface area contributed by atoms with Crippen molar-refractivity contribution in [1.29, 1.82) is 0 Å². The molecule has 1 heteroatoms. The van der Waals surface area contributed by atoms with Crippen molar-refractivity contribution in [2.45, 2.75) is 39.5 Å². The zero-order valence-electron chi connectivity index (χ0n) is 8.64. The highest BCUT2D eigenvalue weighted by atomic mass is 14.6. The van der Waals surface area contributed by atoms with Gasteiger partial charge in [-0.1, -0.05) is 25.8 Å². The van der Waals surface area contributed by atoms with Crippen LogP contribution in [0.15, 0.2) is 23.4 Å². The molecular weight excluding hydrogens is 158 g/mol. The summed E-state index contributed by atoms with van der Waals surface area (Å²) >= 11 is 0. The molecule has 2 N–H and O–H groups in total. The van der Waals surface area contributed by atoms with Gasteiger partial charge >= 0.3 is 0 Å². The first-order chi connectivity index (χ1) is 6.14. The minimum absolute atomic E-state index is 0.372. The maximum atomic E-state index is 5.96. The van der Waals surface area contributed by atoms with Crippen molar-refractivity contribution in [3.05, 3.63) is 23.4 Å². The van der Waals surface area contributed by atoms with Crippen LogP contribution in [-0.4, -0.2) is 0 Å². The van der Waals surface area contributed by atoms with Gasteiger partial charge in [-0.15, -0.1) is 0 Å². The summed E-state index contributed by atoms with van der Waals surface area (Å²) in [6.45, 7) is 4.58. The predicted molar refractivity (Wildman–Crippen MR) is 56.1 cm³/mol. The highest BCUT2D eigenvalue weighted by Crippen LogP contribution is 2.49. The average Bonchev–Trinajstić information content (AvgIpc) is 2.13. The van der Waals surface area contributed by atoms with Crippen molar-refractivity contribution in [3.63, 3.8) is 0 Å². The lowest BCUT2D eigenvalue weighted by Crippen LogP contribution is -2.34. The van der Waals surface area contributed by atoms with Crippen LogP contribution < -0.4 is 5.73 Å². The van der Waals surface area contributed by atoms with E-state index in [4.69, 9.17) is 5.73 Å². The molecule has 0 aromatic carbocycles. The third-order valence-electron chi connectivity index (χ3n) is 4.08. The topological polar surface area (TPSA) is 26.0 Å². The Morgan fingerprint density at radius 2 is 2.23 bits per heavy atom. The monoisotopic (exact) mass is 177 g/mol. The molecule has 0 radical (unpaired) electrons. The summed E-state index contributed by atoms with van der Waals surface area (Å²) in [5, 5.41) is 0. The molecule has 0 amide bonds. The molecule has 2 atom stereocenters. The molecule has 0 spiro atoms. The quantitative estimate of drug-likeness (QED) is 0.605. The molecule has 72 valence electrons. The summed E-state index contributed by atoms with van der Waals surface area (Å²) in [6.07, 6.45) is 9.84. The molecular formula is C12H19N. The van der Waals surface area contributed by atoms with Crippen LogP contribution in [0.25, 0.3) is 0 Å². The molecule has 13 heavy (non-hydrogen) atoms. The van der Waals surface area contributed by atoms with Gasteiger partial charge in [0, 0.05) is 5.70 Å². The lowest BCUT2D eigenvalue weighted by molar-refractivity contribution is 0.193. The minimum Gasteiger partial charge on any atom is -0.399 e. The predicted octanol–water partition coefficient (Wildman–Crippen LogP) is 2.99. The van der Waals surface area contributed by atoms with Crippen LogP contribution in [0.4, 0.5) is 0 Å². The fourth-order valence-corrected chi connectivity index (χ4v) is 2.81. The Kier molecular flexibility index (Phi) is 1.98. The van der Waals surface area contributed by atoms with Crippen LogP contribution >= 0.6 is 0 Å². The van der Waals surface area contributed by atoms with Gasteiger partial charge in [0.1, 0.15) is 0 Å². The molecule has 0 aromatic heterocycles. The van der Waals surface area contributed by atoms with Gasteiger partial charge in [-0.05, 0) is 42.7 Å². The fraction of sp³-hybridized carbons (Fsp3) is 0.667. The van der Waals surface area contributed by atoms with Crippen molar-refractivity contribution >= 4 is 0 Å². The van der Waals surface area contributed by atoms with E-state index >= 15 is 0 Å². The molecule has 0 aromatic rings. The molecule has 1 fully saturated rings. The summed E-state index contributed by atoms with van der Waals surface area (Å²) < 4.78 is 0. The Labute approximate surface area is 80.7 Å². The Hall–Kier alpha value is -0.720. The first-order valence-corrected chi connectivity index (χ1v) is 5.29. The highest BCUT2D eigenvalue weighted by molar-refractivity contribution is 5.33. The van der Waals surface area contributed by atoms with Gasteiger partial charge in [0.25, 0.3) is 0 Å². The van der Waals surface area contributed by atoms with E-state index in [1.54, 1.807) is 0 Å². The number of nitrogens with two attached hydrogens (primary N) is 1.